The number of aromatic amines is 1. The van der Waals surface area contributed by atoms with Crippen molar-refractivity contribution < 1.29 is 9.53 Å². The van der Waals surface area contributed by atoms with Crippen LogP contribution in [0.2, 0.25) is 0 Å². The Morgan fingerprint density at radius 2 is 2.33 bits per heavy atom. The van der Waals surface area contributed by atoms with Crippen LogP contribution in [0.1, 0.15) is 32.6 Å². The van der Waals surface area contributed by atoms with Crippen LogP contribution in [-0.4, -0.2) is 27.9 Å². The van der Waals surface area contributed by atoms with Gasteiger partial charge in [0.15, 0.2) is 0 Å². The van der Waals surface area contributed by atoms with Gasteiger partial charge >= 0.3 is 6.09 Å². The molecule has 0 aromatic carbocycles. The monoisotopic (exact) mass is 212 g/mol. The summed E-state index contributed by atoms with van der Waals surface area (Å²) < 4.78 is 4.96. The van der Waals surface area contributed by atoms with Gasteiger partial charge in [0, 0.05) is 0 Å². The minimum Gasteiger partial charge on any atom is -0.449 e. The normalized spacial score (nSPS) is 12.5. The third-order valence-electron chi connectivity index (χ3n) is 1.73. The smallest absolute Gasteiger partial charge is 0.407 e. The standard InChI is InChI=1S/C9H16N4O2/c1-6(2)4-15-9(14)12-7(3)8-10-5-11-13-8/h5-7H,4H2,1-3H3,(H,12,14)(H,10,11,13). The molecule has 0 saturated carbocycles. The summed E-state index contributed by atoms with van der Waals surface area (Å²) in [6.07, 6.45) is 0.958. The van der Waals surface area contributed by atoms with Crippen molar-refractivity contribution in [3.05, 3.63) is 12.2 Å². The molecule has 6 heteroatoms. The van der Waals surface area contributed by atoms with Gasteiger partial charge in [-0.05, 0) is 12.8 Å². The fraction of sp³-hybridized carbons (Fsp3) is 0.667. The minimum absolute atomic E-state index is 0.229. The molecule has 6 nitrogen and oxygen atoms in total. The Morgan fingerprint density at radius 1 is 1.60 bits per heavy atom. The number of amides is 1. The van der Waals surface area contributed by atoms with Gasteiger partial charge in [0.2, 0.25) is 0 Å². The van der Waals surface area contributed by atoms with Gasteiger partial charge < -0.3 is 10.1 Å². The average Bonchev–Trinajstić information content (AvgIpc) is 2.67. The molecule has 1 atom stereocenters. The van der Waals surface area contributed by atoms with Crippen molar-refractivity contribution in [3.63, 3.8) is 0 Å². The molecule has 0 radical (unpaired) electrons. The van der Waals surface area contributed by atoms with Crippen LogP contribution in [0.15, 0.2) is 6.33 Å². The molecule has 0 bridgehead atoms. The van der Waals surface area contributed by atoms with Crippen molar-refractivity contribution >= 4 is 6.09 Å². The molecule has 1 aromatic heterocycles. The quantitative estimate of drug-likeness (QED) is 0.787. The Labute approximate surface area is 88.4 Å². The van der Waals surface area contributed by atoms with Crippen molar-refractivity contribution in [2.24, 2.45) is 5.92 Å². The molecule has 0 aliphatic heterocycles. The zero-order valence-electron chi connectivity index (χ0n) is 9.15. The van der Waals surface area contributed by atoms with Gasteiger partial charge in [0.05, 0.1) is 12.6 Å². The molecule has 1 heterocycles. The summed E-state index contributed by atoms with van der Waals surface area (Å²) in [4.78, 5) is 15.2. The molecule has 0 spiro atoms. The number of aromatic nitrogens is 3. The molecule has 0 aliphatic carbocycles. The molecule has 0 fully saturated rings. The summed E-state index contributed by atoms with van der Waals surface area (Å²) in [6, 6.07) is -0.229. The second kappa shape index (κ2) is 5.33. The first-order valence-electron chi connectivity index (χ1n) is 4.88. The van der Waals surface area contributed by atoms with Gasteiger partial charge in [-0.3, -0.25) is 5.10 Å². The molecule has 15 heavy (non-hydrogen) atoms. The van der Waals surface area contributed by atoms with Gasteiger partial charge in [-0.25, -0.2) is 9.78 Å². The molecular weight excluding hydrogens is 196 g/mol. The van der Waals surface area contributed by atoms with Crippen molar-refractivity contribution in [3.8, 4) is 0 Å². The van der Waals surface area contributed by atoms with Crippen LogP contribution in [-0.2, 0) is 4.74 Å². The highest BCUT2D eigenvalue weighted by Crippen LogP contribution is 2.04. The molecule has 0 saturated heterocycles. The number of carbonyl (C=O) groups excluding carboxylic acids is 1. The summed E-state index contributed by atoms with van der Waals surface area (Å²) in [5.74, 6) is 0.938. The summed E-state index contributed by atoms with van der Waals surface area (Å²) in [7, 11) is 0. The summed E-state index contributed by atoms with van der Waals surface area (Å²) >= 11 is 0. The van der Waals surface area contributed by atoms with E-state index in [1.807, 2.05) is 13.8 Å². The number of H-pyrrole nitrogens is 1. The number of alkyl carbamates (subject to hydrolysis) is 1. The molecule has 0 aliphatic rings. The van der Waals surface area contributed by atoms with Crippen LogP contribution in [0.3, 0.4) is 0 Å². The van der Waals surface area contributed by atoms with Crippen LogP contribution in [0, 0.1) is 5.92 Å². The fourth-order valence-corrected chi connectivity index (χ4v) is 0.953. The minimum atomic E-state index is -0.437. The van der Waals surface area contributed by atoms with Gasteiger partial charge in [-0.15, -0.1) is 0 Å². The maximum absolute atomic E-state index is 11.3. The maximum atomic E-state index is 11.3. The van der Waals surface area contributed by atoms with Gasteiger partial charge in [0.1, 0.15) is 12.2 Å². The van der Waals surface area contributed by atoms with E-state index >= 15 is 0 Å². The van der Waals surface area contributed by atoms with Crippen LogP contribution < -0.4 is 5.32 Å². The number of nitrogens with zero attached hydrogens (tertiary/aromatic N) is 2. The lowest BCUT2D eigenvalue weighted by molar-refractivity contribution is 0.129. The Bertz CT molecular complexity index is 297. The zero-order valence-corrected chi connectivity index (χ0v) is 9.15. The molecule has 1 amide bonds. The summed E-state index contributed by atoms with van der Waals surface area (Å²) in [5.41, 5.74) is 0. The van der Waals surface area contributed by atoms with E-state index in [1.165, 1.54) is 6.33 Å². The first kappa shape index (κ1) is 11.5. The number of carbonyl (C=O) groups is 1. The van der Waals surface area contributed by atoms with Crippen LogP contribution in [0.5, 0.6) is 0 Å². The lowest BCUT2D eigenvalue weighted by Gasteiger charge is -2.12. The molecule has 1 aromatic rings. The fourth-order valence-electron chi connectivity index (χ4n) is 0.953. The lowest BCUT2D eigenvalue weighted by atomic mass is 10.2. The van der Waals surface area contributed by atoms with Crippen molar-refractivity contribution in [1.82, 2.24) is 20.5 Å². The van der Waals surface area contributed by atoms with Crippen molar-refractivity contribution in [1.29, 1.82) is 0 Å². The Hall–Kier alpha value is -1.59. The van der Waals surface area contributed by atoms with E-state index in [-0.39, 0.29) is 6.04 Å². The van der Waals surface area contributed by atoms with E-state index in [2.05, 4.69) is 20.5 Å². The number of nitrogens with one attached hydrogen (secondary N) is 2. The van der Waals surface area contributed by atoms with Crippen molar-refractivity contribution in [2.45, 2.75) is 26.8 Å². The van der Waals surface area contributed by atoms with E-state index in [4.69, 9.17) is 4.74 Å². The highest BCUT2D eigenvalue weighted by molar-refractivity contribution is 5.67. The molecule has 2 N–H and O–H groups in total. The predicted octanol–water partition coefficient (Wildman–Crippen LogP) is 1.25. The number of ether oxygens (including phenoxy) is 1. The topological polar surface area (TPSA) is 79.9 Å². The highest BCUT2D eigenvalue weighted by Gasteiger charge is 2.12. The SMILES string of the molecule is CC(C)COC(=O)NC(C)c1ncn[nH]1. The molecule has 84 valence electrons. The van der Waals surface area contributed by atoms with Crippen LogP contribution in [0.4, 0.5) is 4.79 Å². The molecule has 1 unspecified atom stereocenters. The second-order valence-electron chi connectivity index (χ2n) is 3.73. The van der Waals surface area contributed by atoms with E-state index < -0.39 is 6.09 Å². The van der Waals surface area contributed by atoms with Crippen molar-refractivity contribution in [2.75, 3.05) is 6.61 Å². The Morgan fingerprint density at radius 3 is 2.87 bits per heavy atom. The predicted molar refractivity (Wildman–Crippen MR) is 54.1 cm³/mol. The lowest BCUT2D eigenvalue weighted by Crippen LogP contribution is -2.29. The number of rotatable bonds is 4. The largest absolute Gasteiger partial charge is 0.449 e. The Kier molecular flexibility index (Phi) is 4.08. The summed E-state index contributed by atoms with van der Waals surface area (Å²) in [5, 5.41) is 9.02. The van der Waals surface area contributed by atoms with Crippen LogP contribution in [0.25, 0.3) is 0 Å². The zero-order chi connectivity index (χ0) is 11.3. The molecule has 1 rings (SSSR count). The Balaban J connectivity index is 2.32. The van der Waals surface area contributed by atoms with E-state index in [1.54, 1.807) is 6.92 Å². The summed E-state index contributed by atoms with van der Waals surface area (Å²) in [6.45, 7) is 6.17. The second-order valence-corrected chi connectivity index (χ2v) is 3.73. The van der Waals surface area contributed by atoms with Gasteiger partial charge in [-0.1, -0.05) is 13.8 Å². The number of hydrogen-bond acceptors (Lipinski definition) is 4. The average molecular weight is 212 g/mol. The van der Waals surface area contributed by atoms with Gasteiger partial charge in [-0.2, -0.15) is 5.10 Å². The van der Waals surface area contributed by atoms with E-state index in [9.17, 15) is 4.79 Å². The third kappa shape index (κ3) is 3.97. The highest BCUT2D eigenvalue weighted by atomic mass is 16.5. The first-order valence-corrected chi connectivity index (χ1v) is 4.88. The first-order chi connectivity index (χ1) is 7.09. The molecular formula is C9H16N4O2. The third-order valence-corrected chi connectivity index (χ3v) is 1.73. The van der Waals surface area contributed by atoms with E-state index in [0.717, 1.165) is 0 Å². The number of hydrogen-bond donors (Lipinski definition) is 2. The van der Waals surface area contributed by atoms with E-state index in [0.29, 0.717) is 18.3 Å². The maximum Gasteiger partial charge on any atom is 0.407 e. The van der Waals surface area contributed by atoms with Crippen LogP contribution >= 0.6 is 0 Å². The van der Waals surface area contributed by atoms with Gasteiger partial charge in [0.25, 0.3) is 0 Å².